The van der Waals surface area contributed by atoms with Crippen LogP contribution in [0.15, 0.2) is 16.9 Å². The van der Waals surface area contributed by atoms with E-state index in [0.29, 0.717) is 32.1 Å². The number of carbonyl (C=O) groups excluding carboxylic acids is 1. The number of aryl methyl sites for hydroxylation is 1. The molecule has 0 bridgehead atoms. The standard InChI is InChI=1S/C15H12ClF3N2O2/c1-7-10(16)3-2-8-12(7)20-11-4-5-21(6-9(11)13(8)22)14(23)15(17,18)19/h2-3H,4-6H2,1H3,(H,20,22). The number of nitrogens with zero attached hydrogens (tertiary/aromatic N) is 1. The summed E-state index contributed by atoms with van der Waals surface area (Å²) in [5.41, 5.74) is 1.67. The first kappa shape index (κ1) is 15.9. The number of hydrogen-bond acceptors (Lipinski definition) is 2. The third-order valence-corrected chi connectivity index (χ3v) is 4.48. The van der Waals surface area contributed by atoms with E-state index in [2.05, 4.69) is 4.98 Å². The summed E-state index contributed by atoms with van der Waals surface area (Å²) in [5, 5.41) is 0.852. The summed E-state index contributed by atoms with van der Waals surface area (Å²) in [6, 6.07) is 3.11. The van der Waals surface area contributed by atoms with E-state index in [0.717, 1.165) is 0 Å². The van der Waals surface area contributed by atoms with Gasteiger partial charge in [-0.3, -0.25) is 9.59 Å². The summed E-state index contributed by atoms with van der Waals surface area (Å²) < 4.78 is 37.7. The summed E-state index contributed by atoms with van der Waals surface area (Å²) in [5.74, 6) is -1.92. The largest absolute Gasteiger partial charge is 0.471 e. The van der Waals surface area contributed by atoms with Crippen molar-refractivity contribution in [3.63, 3.8) is 0 Å². The van der Waals surface area contributed by atoms with Crippen LogP contribution in [0.5, 0.6) is 0 Å². The first-order valence-electron chi connectivity index (χ1n) is 6.89. The first-order chi connectivity index (χ1) is 10.7. The number of carbonyl (C=O) groups is 1. The van der Waals surface area contributed by atoms with Crippen molar-refractivity contribution in [2.45, 2.75) is 26.1 Å². The zero-order valence-electron chi connectivity index (χ0n) is 12.1. The number of pyridine rings is 1. The Morgan fingerprint density at radius 3 is 2.70 bits per heavy atom. The molecule has 0 unspecified atom stereocenters. The first-order valence-corrected chi connectivity index (χ1v) is 7.27. The molecule has 1 aromatic heterocycles. The van der Waals surface area contributed by atoms with Crippen LogP contribution in [-0.4, -0.2) is 28.5 Å². The Morgan fingerprint density at radius 1 is 1.35 bits per heavy atom. The zero-order valence-corrected chi connectivity index (χ0v) is 12.8. The van der Waals surface area contributed by atoms with Crippen molar-refractivity contribution in [1.29, 1.82) is 0 Å². The number of halogens is 4. The van der Waals surface area contributed by atoms with Crippen LogP contribution in [0, 0.1) is 6.92 Å². The molecule has 1 aromatic carbocycles. The lowest BCUT2D eigenvalue weighted by Gasteiger charge is -2.29. The van der Waals surface area contributed by atoms with E-state index < -0.39 is 12.1 Å². The molecule has 2 aromatic rings. The fourth-order valence-electron chi connectivity index (χ4n) is 2.81. The molecule has 2 heterocycles. The van der Waals surface area contributed by atoms with Gasteiger partial charge in [-0.1, -0.05) is 11.6 Å². The summed E-state index contributed by atoms with van der Waals surface area (Å²) in [7, 11) is 0. The Balaban J connectivity index is 2.11. The van der Waals surface area contributed by atoms with Crippen molar-refractivity contribution >= 4 is 28.4 Å². The minimum atomic E-state index is -4.94. The summed E-state index contributed by atoms with van der Waals surface area (Å²) in [4.78, 5) is 27.7. The van der Waals surface area contributed by atoms with Gasteiger partial charge in [0.15, 0.2) is 5.43 Å². The maximum atomic E-state index is 12.6. The Bertz CT molecular complexity index is 874. The van der Waals surface area contributed by atoms with Crippen LogP contribution in [0.3, 0.4) is 0 Å². The maximum Gasteiger partial charge on any atom is 0.471 e. The summed E-state index contributed by atoms with van der Waals surface area (Å²) in [6.07, 6.45) is -4.78. The van der Waals surface area contributed by atoms with Crippen molar-refractivity contribution in [2.75, 3.05) is 6.54 Å². The van der Waals surface area contributed by atoms with Gasteiger partial charge < -0.3 is 9.88 Å². The number of rotatable bonds is 0. The molecule has 1 aliphatic rings. The van der Waals surface area contributed by atoms with Crippen molar-refractivity contribution < 1.29 is 18.0 Å². The van der Waals surface area contributed by atoms with Gasteiger partial charge in [-0.25, -0.2) is 0 Å². The van der Waals surface area contributed by atoms with Gasteiger partial charge in [-0.15, -0.1) is 0 Å². The number of nitrogens with one attached hydrogen (secondary N) is 1. The zero-order chi connectivity index (χ0) is 16.9. The molecule has 8 heteroatoms. The molecule has 0 saturated heterocycles. The molecule has 122 valence electrons. The third kappa shape index (κ3) is 2.59. The second-order valence-electron chi connectivity index (χ2n) is 5.48. The molecular weight excluding hydrogens is 333 g/mol. The highest BCUT2D eigenvalue weighted by Crippen LogP contribution is 2.27. The third-order valence-electron chi connectivity index (χ3n) is 4.07. The van der Waals surface area contributed by atoms with E-state index in [4.69, 9.17) is 11.6 Å². The smallest absolute Gasteiger partial charge is 0.358 e. The van der Waals surface area contributed by atoms with E-state index in [1.165, 1.54) is 6.07 Å². The van der Waals surface area contributed by atoms with E-state index in [-0.39, 0.29) is 30.5 Å². The highest BCUT2D eigenvalue weighted by atomic mass is 35.5. The quantitative estimate of drug-likeness (QED) is 0.799. The number of alkyl halides is 3. The van der Waals surface area contributed by atoms with Crippen molar-refractivity contribution in [3.8, 4) is 0 Å². The normalized spacial score (nSPS) is 14.9. The number of fused-ring (bicyclic) bond motifs is 2. The van der Waals surface area contributed by atoms with Crippen molar-refractivity contribution in [3.05, 3.63) is 44.2 Å². The van der Waals surface area contributed by atoms with E-state index in [9.17, 15) is 22.8 Å². The topological polar surface area (TPSA) is 53.2 Å². The van der Waals surface area contributed by atoms with Gasteiger partial charge in [0.1, 0.15) is 0 Å². The van der Waals surface area contributed by atoms with Crippen molar-refractivity contribution in [1.82, 2.24) is 9.88 Å². The summed E-state index contributed by atoms with van der Waals surface area (Å²) in [6.45, 7) is 1.32. The Labute approximate surface area is 133 Å². The predicted octanol–water partition coefficient (Wildman–Crippen LogP) is 2.94. The van der Waals surface area contributed by atoms with Gasteiger partial charge in [0.25, 0.3) is 0 Å². The van der Waals surface area contributed by atoms with Crippen LogP contribution in [0.25, 0.3) is 10.9 Å². The van der Waals surface area contributed by atoms with Gasteiger partial charge in [0.05, 0.1) is 12.1 Å². The molecule has 0 saturated carbocycles. The molecule has 1 amide bonds. The highest BCUT2D eigenvalue weighted by molar-refractivity contribution is 6.32. The van der Waals surface area contributed by atoms with Gasteiger partial charge in [-0.2, -0.15) is 13.2 Å². The highest BCUT2D eigenvalue weighted by Gasteiger charge is 2.43. The number of hydrogen-bond donors (Lipinski definition) is 1. The molecule has 4 nitrogen and oxygen atoms in total. The fourth-order valence-corrected chi connectivity index (χ4v) is 2.97. The van der Waals surface area contributed by atoms with Crippen LogP contribution in [0.1, 0.15) is 16.8 Å². The Morgan fingerprint density at radius 2 is 2.04 bits per heavy atom. The number of aromatic nitrogens is 1. The van der Waals surface area contributed by atoms with E-state index in [1.807, 2.05) is 0 Å². The minimum Gasteiger partial charge on any atom is -0.358 e. The molecule has 0 aliphatic carbocycles. The molecule has 0 fully saturated rings. The molecule has 0 spiro atoms. The molecule has 23 heavy (non-hydrogen) atoms. The van der Waals surface area contributed by atoms with Crippen LogP contribution in [-0.2, 0) is 17.8 Å². The second kappa shape index (κ2) is 5.26. The van der Waals surface area contributed by atoms with E-state index >= 15 is 0 Å². The predicted molar refractivity (Wildman–Crippen MR) is 79.5 cm³/mol. The average molecular weight is 345 g/mol. The molecule has 0 radical (unpaired) electrons. The monoisotopic (exact) mass is 344 g/mol. The Kier molecular flexibility index (Phi) is 3.63. The molecule has 0 atom stereocenters. The van der Waals surface area contributed by atoms with E-state index in [1.54, 1.807) is 13.0 Å². The SMILES string of the molecule is Cc1c(Cl)ccc2c(=O)c3c([nH]c12)CCN(C(=O)C(F)(F)F)C3. The number of amides is 1. The molecule has 1 aliphatic heterocycles. The summed E-state index contributed by atoms with van der Waals surface area (Å²) >= 11 is 6.04. The molecule has 1 N–H and O–H groups in total. The number of benzene rings is 1. The lowest BCUT2D eigenvalue weighted by atomic mass is 10.0. The minimum absolute atomic E-state index is 0.0909. The average Bonchev–Trinajstić information content (AvgIpc) is 2.50. The number of aromatic amines is 1. The second-order valence-corrected chi connectivity index (χ2v) is 5.89. The molecular formula is C15H12ClF3N2O2. The lowest BCUT2D eigenvalue weighted by Crippen LogP contribution is -2.45. The van der Waals surface area contributed by atoms with Crippen LogP contribution >= 0.6 is 11.6 Å². The van der Waals surface area contributed by atoms with Gasteiger partial charge >= 0.3 is 12.1 Å². The Hall–Kier alpha value is -2.02. The number of H-pyrrole nitrogens is 1. The van der Waals surface area contributed by atoms with Crippen molar-refractivity contribution in [2.24, 2.45) is 0 Å². The van der Waals surface area contributed by atoms with Gasteiger partial charge in [0, 0.05) is 34.6 Å². The van der Waals surface area contributed by atoms with Gasteiger partial charge in [-0.05, 0) is 24.6 Å². The van der Waals surface area contributed by atoms with Crippen LogP contribution in [0.4, 0.5) is 13.2 Å². The molecule has 3 rings (SSSR count). The van der Waals surface area contributed by atoms with Crippen LogP contribution in [0.2, 0.25) is 5.02 Å². The maximum absolute atomic E-state index is 12.6. The fraction of sp³-hybridized carbons (Fsp3) is 0.333. The van der Waals surface area contributed by atoms with Gasteiger partial charge in [0.2, 0.25) is 0 Å². The lowest BCUT2D eigenvalue weighted by molar-refractivity contribution is -0.186. The van der Waals surface area contributed by atoms with Crippen LogP contribution < -0.4 is 5.43 Å².